The van der Waals surface area contributed by atoms with Gasteiger partial charge in [0.25, 0.3) is 0 Å². The summed E-state index contributed by atoms with van der Waals surface area (Å²) in [5.41, 5.74) is 0. The van der Waals surface area contributed by atoms with E-state index in [9.17, 15) is 4.79 Å². The van der Waals surface area contributed by atoms with Gasteiger partial charge in [0.15, 0.2) is 6.61 Å². The van der Waals surface area contributed by atoms with Gasteiger partial charge in [-0.15, -0.1) is 0 Å². The minimum atomic E-state index is -0.361. The SMILES string of the molecule is CCN(CC)CCOC(=O)COc1cccc(OC)c1. The van der Waals surface area contributed by atoms with Crippen molar-refractivity contribution in [2.24, 2.45) is 0 Å². The Hall–Kier alpha value is -1.75. The van der Waals surface area contributed by atoms with Crippen molar-refractivity contribution in [3.05, 3.63) is 24.3 Å². The molecular formula is C15H23NO4. The number of carbonyl (C=O) groups excluding carboxylic acids is 1. The van der Waals surface area contributed by atoms with Gasteiger partial charge in [-0.05, 0) is 25.2 Å². The molecular weight excluding hydrogens is 258 g/mol. The number of hydrogen-bond acceptors (Lipinski definition) is 5. The highest BCUT2D eigenvalue weighted by atomic mass is 16.6. The number of methoxy groups -OCH3 is 1. The van der Waals surface area contributed by atoms with Crippen LogP contribution in [0.5, 0.6) is 11.5 Å². The highest BCUT2D eigenvalue weighted by molar-refractivity contribution is 5.71. The normalized spacial score (nSPS) is 10.4. The van der Waals surface area contributed by atoms with Crippen LogP contribution in [0.15, 0.2) is 24.3 Å². The van der Waals surface area contributed by atoms with E-state index in [0.717, 1.165) is 19.6 Å². The zero-order valence-corrected chi connectivity index (χ0v) is 12.4. The first-order chi connectivity index (χ1) is 9.69. The highest BCUT2D eigenvalue weighted by Gasteiger charge is 2.06. The smallest absolute Gasteiger partial charge is 0.344 e. The van der Waals surface area contributed by atoms with Crippen LogP contribution in [0.1, 0.15) is 13.8 Å². The summed E-state index contributed by atoms with van der Waals surface area (Å²) in [5, 5.41) is 0. The first kappa shape index (κ1) is 16.3. The number of esters is 1. The van der Waals surface area contributed by atoms with Gasteiger partial charge in [0.1, 0.15) is 18.1 Å². The Morgan fingerprint density at radius 3 is 2.55 bits per heavy atom. The molecule has 5 heteroatoms. The molecule has 0 saturated carbocycles. The van der Waals surface area contributed by atoms with E-state index < -0.39 is 0 Å². The lowest BCUT2D eigenvalue weighted by Crippen LogP contribution is -2.28. The molecule has 20 heavy (non-hydrogen) atoms. The molecule has 0 atom stereocenters. The van der Waals surface area contributed by atoms with Crippen molar-refractivity contribution in [1.82, 2.24) is 4.90 Å². The van der Waals surface area contributed by atoms with E-state index in [1.54, 1.807) is 25.3 Å². The fourth-order valence-electron chi connectivity index (χ4n) is 1.70. The van der Waals surface area contributed by atoms with E-state index in [-0.39, 0.29) is 12.6 Å². The second kappa shape index (κ2) is 9.20. The number of benzene rings is 1. The monoisotopic (exact) mass is 281 g/mol. The minimum absolute atomic E-state index is 0.0918. The van der Waals surface area contributed by atoms with Crippen LogP contribution < -0.4 is 9.47 Å². The van der Waals surface area contributed by atoms with Gasteiger partial charge in [-0.1, -0.05) is 19.9 Å². The van der Waals surface area contributed by atoms with E-state index in [2.05, 4.69) is 18.7 Å². The summed E-state index contributed by atoms with van der Waals surface area (Å²) in [6.45, 7) is 7.11. The number of ether oxygens (including phenoxy) is 3. The van der Waals surface area contributed by atoms with Crippen molar-refractivity contribution in [3.63, 3.8) is 0 Å². The minimum Gasteiger partial charge on any atom is -0.497 e. The third-order valence-corrected chi connectivity index (χ3v) is 2.96. The van der Waals surface area contributed by atoms with Gasteiger partial charge in [-0.25, -0.2) is 4.79 Å². The van der Waals surface area contributed by atoms with Crippen LogP contribution in [0.2, 0.25) is 0 Å². The molecule has 0 spiro atoms. The van der Waals surface area contributed by atoms with E-state index in [4.69, 9.17) is 14.2 Å². The lowest BCUT2D eigenvalue weighted by Gasteiger charge is -2.17. The topological polar surface area (TPSA) is 48.0 Å². The zero-order valence-electron chi connectivity index (χ0n) is 12.4. The van der Waals surface area contributed by atoms with Crippen molar-refractivity contribution in [1.29, 1.82) is 0 Å². The Morgan fingerprint density at radius 1 is 1.20 bits per heavy atom. The fraction of sp³-hybridized carbons (Fsp3) is 0.533. The van der Waals surface area contributed by atoms with Gasteiger partial charge in [0.05, 0.1) is 7.11 Å². The molecule has 0 aliphatic rings. The third-order valence-electron chi connectivity index (χ3n) is 2.96. The number of rotatable bonds is 9. The fourth-order valence-corrected chi connectivity index (χ4v) is 1.70. The Balaban J connectivity index is 2.25. The average Bonchev–Trinajstić information content (AvgIpc) is 2.49. The van der Waals surface area contributed by atoms with Gasteiger partial charge in [0.2, 0.25) is 0 Å². The highest BCUT2D eigenvalue weighted by Crippen LogP contribution is 2.18. The van der Waals surface area contributed by atoms with Crippen molar-refractivity contribution >= 4 is 5.97 Å². The van der Waals surface area contributed by atoms with Crippen LogP contribution >= 0.6 is 0 Å². The van der Waals surface area contributed by atoms with Crippen LogP contribution in [0, 0.1) is 0 Å². The Bertz CT molecular complexity index is 405. The summed E-state index contributed by atoms with van der Waals surface area (Å²) in [7, 11) is 1.58. The van der Waals surface area contributed by atoms with Crippen molar-refractivity contribution in [2.45, 2.75) is 13.8 Å². The maximum Gasteiger partial charge on any atom is 0.344 e. The molecule has 0 saturated heterocycles. The molecule has 0 N–H and O–H groups in total. The van der Waals surface area contributed by atoms with E-state index in [0.29, 0.717) is 18.1 Å². The average molecular weight is 281 g/mol. The second-order valence-corrected chi connectivity index (χ2v) is 4.22. The number of carbonyl (C=O) groups is 1. The predicted octanol–water partition coefficient (Wildman–Crippen LogP) is 1.96. The van der Waals surface area contributed by atoms with Gasteiger partial charge in [0, 0.05) is 12.6 Å². The quantitative estimate of drug-likeness (QED) is 0.648. The lowest BCUT2D eigenvalue weighted by atomic mass is 10.3. The Kier molecular flexibility index (Phi) is 7.50. The molecule has 0 aliphatic carbocycles. The van der Waals surface area contributed by atoms with Gasteiger partial charge >= 0.3 is 5.97 Å². The molecule has 0 fully saturated rings. The molecule has 5 nitrogen and oxygen atoms in total. The zero-order chi connectivity index (χ0) is 14.8. The summed E-state index contributed by atoms with van der Waals surface area (Å²) in [6, 6.07) is 7.12. The summed E-state index contributed by atoms with van der Waals surface area (Å²) >= 11 is 0. The van der Waals surface area contributed by atoms with Crippen LogP contribution in [0.3, 0.4) is 0 Å². The molecule has 0 aromatic heterocycles. The first-order valence-electron chi connectivity index (χ1n) is 6.84. The lowest BCUT2D eigenvalue weighted by molar-refractivity contribution is -0.146. The molecule has 1 rings (SSSR count). The van der Waals surface area contributed by atoms with E-state index in [1.165, 1.54) is 0 Å². The Morgan fingerprint density at radius 2 is 1.90 bits per heavy atom. The number of likely N-dealkylation sites (N-methyl/N-ethyl adjacent to an activating group) is 1. The molecule has 112 valence electrons. The van der Waals surface area contributed by atoms with Gasteiger partial charge in [-0.2, -0.15) is 0 Å². The third kappa shape index (κ3) is 5.93. The van der Waals surface area contributed by atoms with Crippen LogP contribution in [0.4, 0.5) is 0 Å². The molecule has 0 amide bonds. The molecule has 0 bridgehead atoms. The first-order valence-corrected chi connectivity index (χ1v) is 6.84. The summed E-state index contributed by atoms with van der Waals surface area (Å²) in [6.07, 6.45) is 0. The summed E-state index contributed by atoms with van der Waals surface area (Å²) < 4.78 is 15.5. The molecule has 0 aliphatic heterocycles. The summed E-state index contributed by atoms with van der Waals surface area (Å²) in [5.74, 6) is 0.919. The van der Waals surface area contributed by atoms with Gasteiger partial charge < -0.3 is 19.1 Å². The predicted molar refractivity (Wildman–Crippen MR) is 77.2 cm³/mol. The molecule has 1 aromatic carbocycles. The number of nitrogens with zero attached hydrogens (tertiary/aromatic N) is 1. The van der Waals surface area contributed by atoms with E-state index >= 15 is 0 Å². The van der Waals surface area contributed by atoms with Crippen LogP contribution in [-0.2, 0) is 9.53 Å². The number of hydrogen-bond donors (Lipinski definition) is 0. The van der Waals surface area contributed by atoms with Crippen molar-refractivity contribution < 1.29 is 19.0 Å². The maximum absolute atomic E-state index is 11.5. The largest absolute Gasteiger partial charge is 0.497 e. The standard InChI is InChI=1S/C15H23NO4/c1-4-16(5-2)9-10-19-15(17)12-20-14-8-6-7-13(11-14)18-3/h6-8,11H,4-5,9-10,12H2,1-3H3. The van der Waals surface area contributed by atoms with Crippen LogP contribution in [-0.4, -0.2) is 50.8 Å². The Labute approximate surface area is 120 Å². The molecule has 1 aromatic rings. The second-order valence-electron chi connectivity index (χ2n) is 4.22. The van der Waals surface area contributed by atoms with Gasteiger partial charge in [-0.3, -0.25) is 0 Å². The van der Waals surface area contributed by atoms with Crippen LogP contribution in [0.25, 0.3) is 0 Å². The summed E-state index contributed by atoms with van der Waals surface area (Å²) in [4.78, 5) is 13.7. The van der Waals surface area contributed by atoms with Crippen molar-refractivity contribution in [3.8, 4) is 11.5 Å². The maximum atomic E-state index is 11.5. The van der Waals surface area contributed by atoms with E-state index in [1.807, 2.05) is 6.07 Å². The molecule has 0 unspecified atom stereocenters. The molecule has 0 radical (unpaired) electrons. The van der Waals surface area contributed by atoms with Crippen molar-refractivity contribution in [2.75, 3.05) is 40.0 Å². The molecule has 0 heterocycles.